The number of fused-ring (bicyclic) bond motifs is 1. The molecule has 1 amide bonds. The van der Waals surface area contributed by atoms with Crippen LogP contribution in [-0.4, -0.2) is 26.2 Å². The van der Waals surface area contributed by atoms with Gasteiger partial charge in [0.15, 0.2) is 15.9 Å². The minimum absolute atomic E-state index is 0.0247. The highest BCUT2D eigenvalue weighted by Gasteiger charge is 2.31. The molecule has 2 atom stereocenters. The number of halogens is 1. The van der Waals surface area contributed by atoms with Gasteiger partial charge in [-0.2, -0.15) is 0 Å². The second-order valence-electron chi connectivity index (χ2n) is 5.92. The predicted molar refractivity (Wildman–Crippen MR) is 98.2 cm³/mol. The molecule has 0 saturated heterocycles. The van der Waals surface area contributed by atoms with E-state index in [2.05, 4.69) is 21.2 Å². The van der Waals surface area contributed by atoms with Gasteiger partial charge in [0.05, 0.1) is 16.7 Å². The van der Waals surface area contributed by atoms with Crippen LogP contribution in [0, 0.1) is 0 Å². The van der Waals surface area contributed by atoms with Crippen molar-refractivity contribution in [2.75, 3.05) is 5.75 Å². The van der Waals surface area contributed by atoms with Gasteiger partial charge in [-0.15, -0.1) is 0 Å². The van der Waals surface area contributed by atoms with Crippen LogP contribution in [0.5, 0.6) is 5.75 Å². The Morgan fingerprint density at radius 1 is 1.20 bits per heavy atom. The van der Waals surface area contributed by atoms with E-state index < -0.39 is 15.9 Å². The number of carbonyl (C=O) groups is 1. The molecule has 3 rings (SSSR count). The van der Waals surface area contributed by atoms with E-state index in [0.717, 1.165) is 4.47 Å². The monoisotopic (exact) mass is 423 g/mol. The molecule has 1 aliphatic rings. The standard InChI is InChI=1S/C18H18BrNO4S/c1-12(24-14-8-6-13(19)7-9-14)18(21)20-16-10-11-25(22,23)17-5-3-2-4-15(16)17/h2-9,12,16H,10-11H2,1H3,(H,20,21)/t12-,16+/m1/s1. The average molecular weight is 424 g/mol. The fraction of sp³-hybridized carbons (Fsp3) is 0.278. The van der Waals surface area contributed by atoms with Crippen LogP contribution in [0.4, 0.5) is 0 Å². The molecule has 132 valence electrons. The molecular formula is C18H18BrNO4S. The maximum atomic E-state index is 12.5. The lowest BCUT2D eigenvalue weighted by molar-refractivity contribution is -0.128. The summed E-state index contributed by atoms with van der Waals surface area (Å²) in [5, 5.41) is 2.91. The first kappa shape index (κ1) is 17.9. The van der Waals surface area contributed by atoms with E-state index in [1.54, 1.807) is 43.3 Å². The fourth-order valence-corrected chi connectivity index (χ4v) is 4.69. The van der Waals surface area contributed by atoms with Crippen molar-refractivity contribution in [1.82, 2.24) is 5.32 Å². The van der Waals surface area contributed by atoms with Crippen molar-refractivity contribution in [3.8, 4) is 5.75 Å². The van der Waals surface area contributed by atoms with Gasteiger partial charge in [0.25, 0.3) is 5.91 Å². The van der Waals surface area contributed by atoms with Crippen molar-refractivity contribution in [2.45, 2.75) is 30.4 Å². The highest BCUT2D eigenvalue weighted by Crippen LogP contribution is 2.32. The zero-order valence-electron chi connectivity index (χ0n) is 13.6. The maximum Gasteiger partial charge on any atom is 0.261 e. The van der Waals surface area contributed by atoms with Gasteiger partial charge in [-0.1, -0.05) is 34.1 Å². The van der Waals surface area contributed by atoms with Crippen LogP contribution in [0.25, 0.3) is 0 Å². The summed E-state index contributed by atoms with van der Waals surface area (Å²) in [6.45, 7) is 1.67. The molecule has 0 saturated carbocycles. The van der Waals surface area contributed by atoms with E-state index in [1.807, 2.05) is 12.1 Å². The van der Waals surface area contributed by atoms with Crippen LogP contribution in [0.2, 0.25) is 0 Å². The van der Waals surface area contributed by atoms with Crippen molar-refractivity contribution in [3.63, 3.8) is 0 Å². The summed E-state index contributed by atoms with van der Waals surface area (Å²) in [6.07, 6.45) is -0.331. The first-order valence-electron chi connectivity index (χ1n) is 7.91. The molecule has 0 aliphatic carbocycles. The van der Waals surface area contributed by atoms with E-state index in [1.165, 1.54) is 0 Å². The van der Waals surface area contributed by atoms with Crippen LogP contribution >= 0.6 is 15.9 Å². The van der Waals surface area contributed by atoms with Crippen molar-refractivity contribution in [2.24, 2.45) is 0 Å². The van der Waals surface area contributed by atoms with Crippen LogP contribution in [-0.2, 0) is 14.6 Å². The minimum Gasteiger partial charge on any atom is -0.481 e. The zero-order valence-corrected chi connectivity index (χ0v) is 16.0. The number of amides is 1. The van der Waals surface area contributed by atoms with E-state index in [4.69, 9.17) is 4.74 Å². The number of ether oxygens (including phenoxy) is 1. The Hall–Kier alpha value is -1.86. The average Bonchev–Trinajstić information content (AvgIpc) is 2.59. The molecule has 25 heavy (non-hydrogen) atoms. The molecule has 1 aliphatic heterocycles. The second kappa shape index (κ2) is 7.17. The molecular weight excluding hydrogens is 406 g/mol. The molecule has 1 N–H and O–H groups in total. The van der Waals surface area contributed by atoms with Crippen LogP contribution in [0.1, 0.15) is 24.9 Å². The number of benzene rings is 2. The van der Waals surface area contributed by atoms with Crippen molar-refractivity contribution in [1.29, 1.82) is 0 Å². The summed E-state index contributed by atoms with van der Waals surface area (Å²) in [5.74, 6) is 0.344. The second-order valence-corrected chi connectivity index (χ2v) is 8.91. The number of hydrogen-bond acceptors (Lipinski definition) is 4. The van der Waals surface area contributed by atoms with Crippen LogP contribution < -0.4 is 10.1 Å². The molecule has 0 fully saturated rings. The maximum absolute atomic E-state index is 12.5. The lowest BCUT2D eigenvalue weighted by atomic mass is 10.0. The third-order valence-electron chi connectivity index (χ3n) is 4.12. The summed E-state index contributed by atoms with van der Waals surface area (Å²) in [6, 6.07) is 13.7. The normalized spacial score (nSPS) is 19.5. The molecule has 1 heterocycles. The van der Waals surface area contributed by atoms with Crippen LogP contribution in [0.15, 0.2) is 57.9 Å². The summed E-state index contributed by atoms with van der Waals surface area (Å²) in [5.41, 5.74) is 0.637. The highest BCUT2D eigenvalue weighted by atomic mass is 79.9. The van der Waals surface area contributed by atoms with Gasteiger partial charge in [-0.3, -0.25) is 4.79 Å². The predicted octanol–water partition coefficient (Wildman–Crippen LogP) is 3.25. The lowest BCUT2D eigenvalue weighted by Crippen LogP contribution is -2.40. The molecule has 7 heteroatoms. The van der Waals surface area contributed by atoms with Gasteiger partial charge in [0.1, 0.15) is 5.75 Å². The van der Waals surface area contributed by atoms with Crippen molar-refractivity contribution < 1.29 is 17.9 Å². The van der Waals surface area contributed by atoms with Gasteiger partial charge in [0.2, 0.25) is 0 Å². The number of nitrogens with one attached hydrogen (secondary N) is 1. The van der Waals surface area contributed by atoms with Gasteiger partial charge in [-0.25, -0.2) is 8.42 Å². The third kappa shape index (κ3) is 4.04. The van der Waals surface area contributed by atoms with Gasteiger partial charge in [0, 0.05) is 4.47 Å². The Labute approximate surface area is 155 Å². The number of rotatable bonds is 4. The SMILES string of the molecule is C[C@@H](Oc1ccc(Br)cc1)C(=O)N[C@H]1CCS(=O)(=O)c2ccccc21. The Balaban J connectivity index is 1.71. The van der Waals surface area contributed by atoms with Gasteiger partial charge in [-0.05, 0) is 49.2 Å². The highest BCUT2D eigenvalue weighted by molar-refractivity contribution is 9.10. The molecule has 0 radical (unpaired) electrons. The third-order valence-corrected chi connectivity index (χ3v) is 6.46. The molecule has 0 aromatic heterocycles. The topological polar surface area (TPSA) is 72.5 Å². The Morgan fingerprint density at radius 2 is 1.88 bits per heavy atom. The molecule has 2 aromatic rings. The molecule has 2 aromatic carbocycles. The molecule has 0 bridgehead atoms. The Kier molecular flexibility index (Phi) is 5.15. The largest absolute Gasteiger partial charge is 0.481 e. The number of hydrogen-bond donors (Lipinski definition) is 1. The molecule has 0 spiro atoms. The van der Waals surface area contributed by atoms with E-state index >= 15 is 0 Å². The fourth-order valence-electron chi connectivity index (χ4n) is 2.80. The first-order valence-corrected chi connectivity index (χ1v) is 10.4. The molecule has 0 unspecified atom stereocenters. The van der Waals surface area contributed by atoms with E-state index in [-0.39, 0.29) is 17.7 Å². The van der Waals surface area contributed by atoms with Crippen LogP contribution in [0.3, 0.4) is 0 Å². The van der Waals surface area contributed by atoms with Gasteiger partial charge < -0.3 is 10.1 Å². The molecule has 5 nitrogen and oxygen atoms in total. The summed E-state index contributed by atoms with van der Waals surface area (Å²) in [4.78, 5) is 12.8. The van der Waals surface area contributed by atoms with Gasteiger partial charge >= 0.3 is 0 Å². The number of sulfone groups is 1. The quantitative estimate of drug-likeness (QED) is 0.818. The smallest absolute Gasteiger partial charge is 0.261 e. The lowest BCUT2D eigenvalue weighted by Gasteiger charge is -2.27. The minimum atomic E-state index is -3.27. The zero-order chi connectivity index (χ0) is 18.0. The summed E-state index contributed by atoms with van der Waals surface area (Å²) in [7, 11) is -3.27. The van der Waals surface area contributed by atoms with Crippen molar-refractivity contribution >= 4 is 31.7 Å². The van der Waals surface area contributed by atoms with E-state index in [9.17, 15) is 13.2 Å². The first-order chi connectivity index (χ1) is 11.9. The summed E-state index contributed by atoms with van der Waals surface area (Å²) >= 11 is 3.35. The summed E-state index contributed by atoms with van der Waals surface area (Å²) < 4.78 is 30.9. The van der Waals surface area contributed by atoms with E-state index in [0.29, 0.717) is 22.6 Å². The van der Waals surface area contributed by atoms with Crippen molar-refractivity contribution in [3.05, 3.63) is 58.6 Å². The number of carbonyl (C=O) groups excluding carboxylic acids is 1. The Morgan fingerprint density at radius 3 is 2.60 bits per heavy atom. The Bertz CT molecular complexity index is 880.